The normalized spacial score (nSPS) is 13.5. The molecule has 0 aliphatic carbocycles. The fraction of sp³-hybridized carbons (Fsp3) is 0.316. The van der Waals surface area contributed by atoms with Crippen molar-refractivity contribution in [2.45, 2.75) is 6.42 Å². The summed E-state index contributed by atoms with van der Waals surface area (Å²) in [5, 5.41) is 21.3. The summed E-state index contributed by atoms with van der Waals surface area (Å²) in [5.41, 5.74) is -0.855. The maximum absolute atomic E-state index is 12.8. The highest BCUT2D eigenvalue weighted by atomic mass is 16.5. The molecule has 9 heteroatoms. The summed E-state index contributed by atoms with van der Waals surface area (Å²) in [6.07, 6.45) is 1.72. The van der Waals surface area contributed by atoms with E-state index in [1.807, 2.05) is 30.3 Å². The number of fused-ring (bicyclic) bond motifs is 1. The predicted octanol–water partition coefficient (Wildman–Crippen LogP) is 0.492. The number of nitrogens with zero attached hydrogens (tertiary/aromatic N) is 3. The van der Waals surface area contributed by atoms with Crippen LogP contribution < -0.4 is 10.4 Å². The van der Waals surface area contributed by atoms with Crippen LogP contribution in [-0.2, 0) is 11.2 Å². The van der Waals surface area contributed by atoms with E-state index in [1.54, 1.807) is 5.01 Å². The van der Waals surface area contributed by atoms with Gasteiger partial charge in [0, 0.05) is 26.4 Å². The Morgan fingerprint density at radius 1 is 1.18 bits per heavy atom. The van der Waals surface area contributed by atoms with Gasteiger partial charge in [0.1, 0.15) is 12.2 Å². The van der Waals surface area contributed by atoms with Gasteiger partial charge in [0.05, 0.1) is 6.61 Å². The lowest BCUT2D eigenvalue weighted by molar-refractivity contribution is 0.0615. The van der Waals surface area contributed by atoms with Crippen molar-refractivity contribution in [3.05, 3.63) is 63.6 Å². The summed E-state index contributed by atoms with van der Waals surface area (Å²) in [7, 11) is 1.51. The second-order valence-corrected chi connectivity index (χ2v) is 6.39. The number of carbonyl (C=O) groups is 2. The standard InChI is InChI=1S/C19H21N3O6/c1-28-10-9-20-12-21(8-7-13-5-3-2-4-6-13)22-11-14(19(26)27)16(23)17(24)15(22)18(20)25/h2-6,11,24H,7-10,12H2,1H3,(H,26,27). The topological polar surface area (TPSA) is 112 Å². The average Bonchev–Trinajstić information content (AvgIpc) is 2.69. The first-order valence-corrected chi connectivity index (χ1v) is 8.73. The third-order valence-electron chi connectivity index (χ3n) is 4.59. The number of aromatic nitrogens is 1. The first-order chi connectivity index (χ1) is 13.4. The van der Waals surface area contributed by atoms with Gasteiger partial charge in [-0.2, -0.15) is 0 Å². The first kappa shape index (κ1) is 19.4. The van der Waals surface area contributed by atoms with Crippen LogP contribution in [0.4, 0.5) is 0 Å². The highest BCUT2D eigenvalue weighted by Crippen LogP contribution is 2.21. The molecule has 0 fully saturated rings. The summed E-state index contributed by atoms with van der Waals surface area (Å²) < 4.78 is 6.30. The second-order valence-electron chi connectivity index (χ2n) is 6.39. The van der Waals surface area contributed by atoms with Gasteiger partial charge in [-0.3, -0.25) is 19.3 Å². The number of methoxy groups -OCH3 is 1. The molecular formula is C19H21N3O6. The van der Waals surface area contributed by atoms with Crippen LogP contribution in [0, 0.1) is 0 Å². The van der Waals surface area contributed by atoms with Gasteiger partial charge in [-0.05, 0) is 12.0 Å². The van der Waals surface area contributed by atoms with Gasteiger partial charge < -0.3 is 19.8 Å². The second kappa shape index (κ2) is 8.13. The number of rotatable bonds is 7. The van der Waals surface area contributed by atoms with Gasteiger partial charge in [-0.25, -0.2) is 4.79 Å². The Labute approximate surface area is 161 Å². The number of hydrogen-bond donors (Lipinski definition) is 2. The summed E-state index contributed by atoms with van der Waals surface area (Å²) in [6, 6.07) is 9.67. The molecule has 2 heterocycles. The van der Waals surface area contributed by atoms with Crippen molar-refractivity contribution in [2.75, 3.05) is 38.5 Å². The van der Waals surface area contributed by atoms with E-state index in [4.69, 9.17) is 4.74 Å². The number of hydrogen-bond acceptors (Lipinski definition) is 6. The number of carboxylic acids is 1. The zero-order valence-electron chi connectivity index (χ0n) is 15.4. The number of pyridine rings is 1. The van der Waals surface area contributed by atoms with Gasteiger partial charge >= 0.3 is 5.97 Å². The van der Waals surface area contributed by atoms with Crippen molar-refractivity contribution >= 4 is 11.9 Å². The third kappa shape index (κ3) is 3.70. The lowest BCUT2D eigenvalue weighted by Gasteiger charge is -2.39. The Bertz CT molecular complexity index is 941. The molecule has 1 aromatic heterocycles. The lowest BCUT2D eigenvalue weighted by Crippen LogP contribution is -2.55. The molecule has 2 N–H and O–H groups in total. The van der Waals surface area contributed by atoms with Crippen LogP contribution in [0.25, 0.3) is 0 Å². The molecule has 0 unspecified atom stereocenters. The Balaban J connectivity index is 2.01. The molecule has 1 aromatic carbocycles. The van der Waals surface area contributed by atoms with E-state index in [2.05, 4.69) is 0 Å². The molecule has 0 spiro atoms. The summed E-state index contributed by atoms with van der Waals surface area (Å²) in [5.74, 6) is -2.89. The molecule has 0 radical (unpaired) electrons. The van der Waals surface area contributed by atoms with E-state index in [1.165, 1.54) is 16.7 Å². The van der Waals surface area contributed by atoms with Crippen molar-refractivity contribution in [2.24, 2.45) is 0 Å². The number of benzene rings is 1. The van der Waals surface area contributed by atoms with Crippen LogP contribution >= 0.6 is 0 Å². The Morgan fingerprint density at radius 3 is 2.54 bits per heavy atom. The number of aromatic hydroxyl groups is 1. The van der Waals surface area contributed by atoms with E-state index in [9.17, 15) is 24.6 Å². The van der Waals surface area contributed by atoms with Crippen LogP contribution in [0.3, 0.4) is 0 Å². The number of carbonyl (C=O) groups excluding carboxylic acids is 1. The molecule has 0 atom stereocenters. The molecule has 0 bridgehead atoms. The summed E-state index contributed by atoms with van der Waals surface area (Å²) in [4.78, 5) is 37.8. The number of aromatic carboxylic acids is 1. The third-order valence-corrected chi connectivity index (χ3v) is 4.59. The van der Waals surface area contributed by atoms with Crippen molar-refractivity contribution in [3.8, 4) is 5.75 Å². The van der Waals surface area contributed by atoms with Crippen molar-refractivity contribution in [1.29, 1.82) is 0 Å². The molecule has 1 amide bonds. The van der Waals surface area contributed by atoms with Crippen molar-refractivity contribution in [1.82, 2.24) is 9.58 Å². The van der Waals surface area contributed by atoms with Gasteiger partial charge in [-0.15, -0.1) is 0 Å². The van der Waals surface area contributed by atoms with E-state index < -0.39 is 28.6 Å². The quantitative estimate of drug-likeness (QED) is 0.711. The minimum absolute atomic E-state index is 0.170. The highest BCUT2D eigenvalue weighted by molar-refractivity contribution is 5.97. The Hall–Kier alpha value is -3.33. The molecule has 3 rings (SSSR count). The molecule has 148 valence electrons. The summed E-state index contributed by atoms with van der Waals surface area (Å²) >= 11 is 0. The van der Waals surface area contributed by atoms with E-state index in [0.717, 1.165) is 11.8 Å². The Kier molecular flexibility index (Phi) is 5.65. The monoisotopic (exact) mass is 387 g/mol. The maximum atomic E-state index is 12.8. The van der Waals surface area contributed by atoms with E-state index >= 15 is 0 Å². The maximum Gasteiger partial charge on any atom is 0.341 e. The van der Waals surface area contributed by atoms with Crippen LogP contribution in [0.15, 0.2) is 41.3 Å². The molecular weight excluding hydrogens is 366 g/mol. The molecule has 2 aromatic rings. The average molecular weight is 387 g/mol. The van der Waals surface area contributed by atoms with Gasteiger partial charge in [0.15, 0.2) is 11.4 Å². The van der Waals surface area contributed by atoms with Gasteiger partial charge in [0.2, 0.25) is 5.43 Å². The zero-order chi connectivity index (χ0) is 20.3. The molecule has 0 saturated heterocycles. The zero-order valence-corrected chi connectivity index (χ0v) is 15.4. The van der Waals surface area contributed by atoms with Crippen LogP contribution in [0.2, 0.25) is 0 Å². The smallest absolute Gasteiger partial charge is 0.341 e. The largest absolute Gasteiger partial charge is 0.502 e. The molecule has 1 aliphatic heterocycles. The van der Waals surface area contributed by atoms with Crippen molar-refractivity contribution < 1.29 is 24.5 Å². The first-order valence-electron chi connectivity index (χ1n) is 8.73. The number of ether oxygens (including phenoxy) is 1. The summed E-state index contributed by atoms with van der Waals surface area (Å²) in [6.45, 7) is 1.17. The van der Waals surface area contributed by atoms with Crippen molar-refractivity contribution in [3.63, 3.8) is 0 Å². The van der Waals surface area contributed by atoms with Crippen LogP contribution in [0.1, 0.15) is 26.4 Å². The molecule has 0 saturated carbocycles. The number of carboxylic acid groups (broad SMARTS) is 1. The van der Waals surface area contributed by atoms with E-state index in [-0.39, 0.29) is 25.5 Å². The number of amides is 1. The van der Waals surface area contributed by atoms with Gasteiger partial charge in [0.25, 0.3) is 5.91 Å². The minimum Gasteiger partial charge on any atom is -0.502 e. The van der Waals surface area contributed by atoms with Crippen LogP contribution in [-0.4, -0.2) is 65.1 Å². The SMILES string of the molecule is COCCN1CN(CCc2ccccc2)n2cc(C(=O)O)c(=O)c(O)c2C1=O. The molecule has 28 heavy (non-hydrogen) atoms. The minimum atomic E-state index is -1.46. The fourth-order valence-corrected chi connectivity index (χ4v) is 3.10. The van der Waals surface area contributed by atoms with Gasteiger partial charge in [-0.1, -0.05) is 30.3 Å². The molecule has 1 aliphatic rings. The highest BCUT2D eigenvalue weighted by Gasteiger charge is 2.34. The Morgan fingerprint density at radius 2 is 1.89 bits per heavy atom. The molecule has 9 nitrogen and oxygen atoms in total. The fourth-order valence-electron chi connectivity index (χ4n) is 3.10. The van der Waals surface area contributed by atoms with E-state index in [0.29, 0.717) is 13.0 Å². The van der Waals surface area contributed by atoms with Crippen LogP contribution in [0.5, 0.6) is 5.75 Å². The lowest BCUT2D eigenvalue weighted by atomic mass is 10.1. The predicted molar refractivity (Wildman–Crippen MR) is 100 cm³/mol.